The zero-order chi connectivity index (χ0) is 12.0. The van der Waals surface area contributed by atoms with Gasteiger partial charge in [-0.2, -0.15) is 0 Å². The van der Waals surface area contributed by atoms with Crippen LogP contribution in [-0.2, 0) is 0 Å². The monoisotopic (exact) mass is 210 g/mol. The van der Waals surface area contributed by atoms with Crippen molar-refractivity contribution in [2.24, 2.45) is 17.6 Å². The summed E-state index contributed by atoms with van der Waals surface area (Å²) < 4.78 is 0. The van der Waals surface area contributed by atoms with E-state index in [0.29, 0.717) is 24.4 Å². The molecule has 2 unspecified atom stereocenters. The van der Waals surface area contributed by atoms with E-state index in [1.807, 2.05) is 6.08 Å². The van der Waals surface area contributed by atoms with Crippen molar-refractivity contribution in [2.75, 3.05) is 13.6 Å². The minimum atomic E-state index is 0.384. The van der Waals surface area contributed by atoms with Crippen LogP contribution in [0.1, 0.15) is 27.2 Å². The zero-order valence-electron chi connectivity index (χ0n) is 10.7. The van der Waals surface area contributed by atoms with Gasteiger partial charge in [-0.1, -0.05) is 33.4 Å². The number of nitrogens with two attached hydrogens (primary N) is 1. The van der Waals surface area contributed by atoms with Crippen molar-refractivity contribution in [1.29, 1.82) is 0 Å². The van der Waals surface area contributed by atoms with Crippen LogP contribution in [0.4, 0.5) is 0 Å². The quantitative estimate of drug-likeness (QED) is 0.655. The van der Waals surface area contributed by atoms with Crippen LogP contribution in [0.5, 0.6) is 0 Å². The minimum Gasteiger partial charge on any atom is -0.374 e. The van der Waals surface area contributed by atoms with E-state index in [4.69, 9.17) is 5.73 Å². The average molecular weight is 210 g/mol. The second kappa shape index (κ2) is 6.67. The lowest BCUT2D eigenvalue weighted by molar-refractivity contribution is 0.236. The first kappa shape index (κ1) is 14.2. The maximum absolute atomic E-state index is 5.77. The van der Waals surface area contributed by atoms with E-state index in [1.165, 1.54) is 0 Å². The molecular formula is C13H26N2. The van der Waals surface area contributed by atoms with Crippen LogP contribution < -0.4 is 5.73 Å². The van der Waals surface area contributed by atoms with E-state index in [1.54, 1.807) is 0 Å². The molecule has 0 bridgehead atoms. The third kappa shape index (κ3) is 4.52. The van der Waals surface area contributed by atoms with E-state index in [2.05, 4.69) is 45.9 Å². The number of nitrogens with zero attached hydrogens (tertiary/aromatic N) is 1. The van der Waals surface area contributed by atoms with Crippen molar-refractivity contribution in [1.82, 2.24) is 4.90 Å². The molecule has 15 heavy (non-hydrogen) atoms. The van der Waals surface area contributed by atoms with E-state index in [-0.39, 0.29) is 0 Å². The first-order valence-corrected chi connectivity index (χ1v) is 5.67. The fraction of sp³-hybridized carbons (Fsp3) is 0.692. The first-order valence-electron chi connectivity index (χ1n) is 5.67. The summed E-state index contributed by atoms with van der Waals surface area (Å²) in [5.74, 6) is 1.03. The predicted octanol–water partition coefficient (Wildman–Crippen LogP) is 2.63. The summed E-state index contributed by atoms with van der Waals surface area (Å²) in [4.78, 5) is 2.21. The van der Waals surface area contributed by atoms with Gasteiger partial charge in [0.05, 0.1) is 0 Å². The van der Waals surface area contributed by atoms with Crippen molar-refractivity contribution in [2.45, 2.75) is 33.2 Å². The van der Waals surface area contributed by atoms with Gasteiger partial charge < -0.3 is 10.6 Å². The average Bonchev–Trinajstić information content (AvgIpc) is 2.17. The topological polar surface area (TPSA) is 29.3 Å². The molecule has 0 rings (SSSR count). The number of allylic oxidation sites excluding steroid dienone is 2. The molecule has 0 spiro atoms. The maximum Gasteiger partial charge on any atom is 0.0428 e. The van der Waals surface area contributed by atoms with Gasteiger partial charge >= 0.3 is 0 Å². The maximum atomic E-state index is 5.77. The van der Waals surface area contributed by atoms with Gasteiger partial charge in [-0.25, -0.2) is 0 Å². The van der Waals surface area contributed by atoms with E-state index in [9.17, 15) is 0 Å². The van der Waals surface area contributed by atoms with Crippen molar-refractivity contribution >= 4 is 0 Å². The highest BCUT2D eigenvalue weighted by molar-refractivity contribution is 4.99. The summed E-state index contributed by atoms with van der Waals surface area (Å²) >= 11 is 0. The van der Waals surface area contributed by atoms with Gasteiger partial charge in [0.2, 0.25) is 0 Å². The Morgan fingerprint density at radius 2 is 1.93 bits per heavy atom. The van der Waals surface area contributed by atoms with E-state index >= 15 is 0 Å². The van der Waals surface area contributed by atoms with Crippen LogP contribution >= 0.6 is 0 Å². The Bertz CT molecular complexity index is 209. The second-order valence-electron chi connectivity index (χ2n) is 4.64. The molecular weight excluding hydrogens is 184 g/mol. The van der Waals surface area contributed by atoms with Crippen molar-refractivity contribution in [3.05, 3.63) is 24.9 Å². The Labute approximate surface area is 94.8 Å². The number of rotatable bonds is 7. The highest BCUT2D eigenvalue weighted by atomic mass is 15.1. The molecule has 0 aliphatic rings. The fourth-order valence-corrected chi connectivity index (χ4v) is 1.71. The van der Waals surface area contributed by atoms with Gasteiger partial charge in [0.1, 0.15) is 0 Å². The molecule has 0 amide bonds. The molecule has 88 valence electrons. The van der Waals surface area contributed by atoms with Gasteiger partial charge in [-0.3, -0.25) is 0 Å². The van der Waals surface area contributed by atoms with Crippen molar-refractivity contribution < 1.29 is 0 Å². The molecule has 2 nitrogen and oxygen atoms in total. The molecule has 2 heteroatoms. The Morgan fingerprint density at radius 3 is 2.27 bits per heavy atom. The van der Waals surface area contributed by atoms with E-state index < -0.39 is 0 Å². The van der Waals surface area contributed by atoms with Gasteiger partial charge in [-0.15, -0.1) is 6.58 Å². The molecule has 0 saturated heterocycles. The van der Waals surface area contributed by atoms with Crippen molar-refractivity contribution in [3.8, 4) is 0 Å². The molecule has 2 N–H and O–H groups in total. The molecule has 0 radical (unpaired) electrons. The highest BCUT2D eigenvalue weighted by Gasteiger charge is 2.18. The SMILES string of the molecule is C=CC(C)CC(=C)N(C)C(CN)C(C)C. The summed E-state index contributed by atoms with van der Waals surface area (Å²) in [5.41, 5.74) is 6.92. The second-order valence-corrected chi connectivity index (χ2v) is 4.64. The minimum absolute atomic E-state index is 0.384. The van der Waals surface area contributed by atoms with Crippen molar-refractivity contribution in [3.63, 3.8) is 0 Å². The van der Waals surface area contributed by atoms with Gasteiger partial charge in [0.15, 0.2) is 0 Å². The molecule has 0 aliphatic heterocycles. The number of hydrogen-bond acceptors (Lipinski definition) is 2. The molecule has 0 aliphatic carbocycles. The summed E-state index contributed by atoms with van der Waals surface area (Å²) in [7, 11) is 2.08. The van der Waals surface area contributed by atoms with Crippen LogP contribution in [0, 0.1) is 11.8 Å². The molecule has 0 aromatic carbocycles. The largest absolute Gasteiger partial charge is 0.374 e. The fourth-order valence-electron chi connectivity index (χ4n) is 1.71. The van der Waals surface area contributed by atoms with Crippen LogP contribution in [0.2, 0.25) is 0 Å². The summed E-state index contributed by atoms with van der Waals surface area (Å²) in [6.07, 6.45) is 2.93. The van der Waals surface area contributed by atoms with Crippen LogP contribution in [0.25, 0.3) is 0 Å². The first-order chi connectivity index (χ1) is 6.93. The summed E-state index contributed by atoms with van der Waals surface area (Å²) in [5, 5.41) is 0. The molecule has 0 heterocycles. The Kier molecular flexibility index (Phi) is 6.34. The van der Waals surface area contributed by atoms with E-state index in [0.717, 1.165) is 12.1 Å². The Hall–Kier alpha value is -0.760. The summed E-state index contributed by atoms with van der Waals surface area (Å²) in [6, 6.07) is 0.384. The van der Waals surface area contributed by atoms with Crippen LogP contribution in [0.3, 0.4) is 0 Å². The summed E-state index contributed by atoms with van der Waals surface area (Å²) in [6.45, 7) is 15.1. The van der Waals surface area contributed by atoms with Crippen LogP contribution in [0.15, 0.2) is 24.9 Å². The normalized spacial score (nSPS) is 14.8. The molecule has 2 atom stereocenters. The lowest BCUT2D eigenvalue weighted by Crippen LogP contribution is -2.41. The third-order valence-corrected chi connectivity index (χ3v) is 2.97. The zero-order valence-corrected chi connectivity index (χ0v) is 10.7. The standard InChI is InChI=1S/C13H26N2/c1-7-11(4)8-12(5)15(6)13(9-14)10(2)3/h7,10-11,13H,1,5,8-9,14H2,2-4,6H3. The molecule has 0 aromatic heterocycles. The predicted molar refractivity (Wildman–Crippen MR) is 68.6 cm³/mol. The lowest BCUT2D eigenvalue weighted by atomic mass is 10.00. The Balaban J connectivity index is 4.34. The number of likely N-dealkylation sites (N-methyl/N-ethyl adjacent to an activating group) is 1. The highest BCUT2D eigenvalue weighted by Crippen LogP contribution is 2.18. The smallest absolute Gasteiger partial charge is 0.0428 e. The molecule has 0 saturated carbocycles. The lowest BCUT2D eigenvalue weighted by Gasteiger charge is -2.34. The number of hydrogen-bond donors (Lipinski definition) is 1. The van der Waals surface area contributed by atoms with Gasteiger partial charge in [0, 0.05) is 25.3 Å². The van der Waals surface area contributed by atoms with Crippen LogP contribution in [-0.4, -0.2) is 24.5 Å². The Morgan fingerprint density at radius 1 is 1.40 bits per heavy atom. The third-order valence-electron chi connectivity index (χ3n) is 2.97. The molecule has 0 fully saturated rings. The molecule has 0 aromatic rings. The van der Waals surface area contributed by atoms with Gasteiger partial charge in [0.25, 0.3) is 0 Å². The van der Waals surface area contributed by atoms with Gasteiger partial charge in [-0.05, 0) is 18.3 Å².